The van der Waals surface area contributed by atoms with Gasteiger partial charge in [0.15, 0.2) is 5.11 Å². The molecule has 0 bridgehead atoms. The largest absolute Gasteiger partial charge is 0.497 e. The third-order valence-electron chi connectivity index (χ3n) is 6.54. The highest BCUT2D eigenvalue weighted by molar-refractivity contribution is 7.80. The van der Waals surface area contributed by atoms with Crippen LogP contribution in [0.25, 0.3) is 0 Å². The van der Waals surface area contributed by atoms with Crippen LogP contribution >= 0.6 is 12.2 Å². The first-order chi connectivity index (χ1) is 16.6. The number of ether oxygens (including phenoxy) is 1. The second kappa shape index (κ2) is 9.31. The number of rotatable bonds is 6. The Balaban J connectivity index is 1.62. The van der Waals surface area contributed by atoms with Crippen molar-refractivity contribution in [3.63, 3.8) is 0 Å². The lowest BCUT2D eigenvalue weighted by Crippen LogP contribution is -2.29. The molecule has 1 saturated heterocycles. The normalized spacial score (nSPS) is 17.6. The predicted octanol–water partition coefficient (Wildman–Crippen LogP) is 5.73. The first-order valence-electron chi connectivity index (χ1n) is 11.4. The monoisotopic (exact) mass is 468 g/mol. The van der Waals surface area contributed by atoms with Crippen LogP contribution < -0.4 is 15.0 Å². The van der Waals surface area contributed by atoms with Crippen LogP contribution in [0.5, 0.6) is 5.75 Å². The minimum Gasteiger partial charge on any atom is -0.497 e. The highest BCUT2D eigenvalue weighted by Crippen LogP contribution is 2.43. The maximum atomic E-state index is 5.88. The Bertz CT molecular complexity index is 1300. The van der Waals surface area contributed by atoms with Crippen molar-refractivity contribution in [2.75, 3.05) is 12.0 Å². The molecule has 4 aromatic rings. The molecule has 0 unspecified atom stereocenters. The molecule has 2 atom stereocenters. The lowest BCUT2D eigenvalue weighted by atomic mass is 9.96. The van der Waals surface area contributed by atoms with Gasteiger partial charge in [0.2, 0.25) is 0 Å². The Labute approximate surface area is 206 Å². The van der Waals surface area contributed by atoms with E-state index in [1.165, 1.54) is 22.5 Å². The van der Waals surface area contributed by atoms with E-state index in [0.717, 1.165) is 23.7 Å². The maximum Gasteiger partial charge on any atom is 0.174 e. The lowest BCUT2D eigenvalue weighted by molar-refractivity contribution is 0.415. The van der Waals surface area contributed by atoms with Gasteiger partial charge in [-0.05, 0) is 67.5 Å². The molecule has 2 aromatic heterocycles. The Morgan fingerprint density at radius 1 is 0.971 bits per heavy atom. The van der Waals surface area contributed by atoms with Crippen LogP contribution in [-0.4, -0.2) is 21.8 Å². The fraction of sp³-hybridized carbons (Fsp3) is 0.214. The van der Waals surface area contributed by atoms with Gasteiger partial charge in [-0.15, -0.1) is 0 Å². The zero-order valence-corrected chi connectivity index (χ0v) is 20.4. The van der Waals surface area contributed by atoms with Gasteiger partial charge in [0.25, 0.3) is 0 Å². The number of anilines is 1. The summed E-state index contributed by atoms with van der Waals surface area (Å²) in [4.78, 5) is 6.88. The van der Waals surface area contributed by atoms with E-state index < -0.39 is 0 Å². The second-order valence-electron chi connectivity index (χ2n) is 8.60. The molecule has 5 rings (SSSR count). The van der Waals surface area contributed by atoms with Crippen LogP contribution in [-0.2, 0) is 6.54 Å². The van der Waals surface area contributed by atoms with E-state index in [9.17, 15) is 0 Å². The van der Waals surface area contributed by atoms with Gasteiger partial charge in [0.05, 0.1) is 24.9 Å². The summed E-state index contributed by atoms with van der Waals surface area (Å²) in [5.74, 6) is 0.801. The van der Waals surface area contributed by atoms with Gasteiger partial charge < -0.3 is 19.5 Å². The SMILES string of the molecule is COc1cccc(N2C(=S)N[C@H](c3ccccn3)[C@@H]2c2cc(C)n(Cc3ccccc3)c2C)c1. The molecule has 1 aliphatic rings. The molecule has 5 nitrogen and oxygen atoms in total. The Morgan fingerprint density at radius 2 is 1.76 bits per heavy atom. The van der Waals surface area contributed by atoms with Gasteiger partial charge in [-0.3, -0.25) is 4.98 Å². The molecule has 0 aliphatic carbocycles. The molecule has 0 radical (unpaired) electrons. The lowest BCUT2D eigenvalue weighted by Gasteiger charge is -2.28. The summed E-state index contributed by atoms with van der Waals surface area (Å²) in [6, 6.07) is 26.8. The summed E-state index contributed by atoms with van der Waals surface area (Å²) in [5.41, 5.74) is 6.92. The number of aromatic nitrogens is 2. The van der Waals surface area contributed by atoms with Gasteiger partial charge in [0, 0.05) is 35.9 Å². The molecule has 3 heterocycles. The van der Waals surface area contributed by atoms with E-state index in [1.807, 2.05) is 36.5 Å². The number of methoxy groups -OCH3 is 1. The molecule has 0 saturated carbocycles. The van der Waals surface area contributed by atoms with E-state index in [-0.39, 0.29) is 12.1 Å². The van der Waals surface area contributed by atoms with E-state index in [0.29, 0.717) is 5.11 Å². The van der Waals surface area contributed by atoms with Gasteiger partial charge in [-0.1, -0.05) is 42.5 Å². The minimum atomic E-state index is -0.0782. The standard InChI is InChI=1S/C28H28N4OS/c1-19-16-24(20(2)31(19)18-21-10-5-4-6-11-21)27-26(25-14-7-8-15-29-25)30-28(34)32(27)22-12-9-13-23(17-22)33-3/h4-17,26-27H,18H2,1-3H3,(H,30,34)/t26-,27+/m1/s1. The molecule has 0 amide bonds. The van der Waals surface area contributed by atoms with Crippen molar-refractivity contribution in [1.29, 1.82) is 0 Å². The number of hydrogen-bond donors (Lipinski definition) is 1. The van der Waals surface area contributed by atoms with E-state index in [4.69, 9.17) is 17.0 Å². The number of aryl methyl sites for hydroxylation is 1. The topological polar surface area (TPSA) is 42.3 Å². The molecule has 0 spiro atoms. The van der Waals surface area contributed by atoms with Crippen molar-refractivity contribution in [3.05, 3.63) is 113 Å². The van der Waals surface area contributed by atoms with Crippen molar-refractivity contribution in [2.45, 2.75) is 32.5 Å². The van der Waals surface area contributed by atoms with Gasteiger partial charge in [0.1, 0.15) is 5.75 Å². The summed E-state index contributed by atoms with van der Waals surface area (Å²) < 4.78 is 7.89. The van der Waals surface area contributed by atoms with E-state index >= 15 is 0 Å². The smallest absolute Gasteiger partial charge is 0.174 e. The first kappa shape index (κ1) is 22.2. The molecule has 34 heavy (non-hydrogen) atoms. The number of pyridine rings is 1. The predicted molar refractivity (Wildman–Crippen MR) is 140 cm³/mol. The average Bonchev–Trinajstić information content (AvgIpc) is 3.36. The molecule has 1 aliphatic heterocycles. The Hall–Kier alpha value is -3.64. The maximum absolute atomic E-state index is 5.88. The van der Waals surface area contributed by atoms with Crippen LogP contribution in [0.1, 0.15) is 40.3 Å². The van der Waals surface area contributed by atoms with Crippen LogP contribution in [0, 0.1) is 13.8 Å². The molecular weight excluding hydrogens is 440 g/mol. The third-order valence-corrected chi connectivity index (χ3v) is 6.86. The quantitative estimate of drug-likeness (QED) is 0.366. The fourth-order valence-electron chi connectivity index (χ4n) is 4.85. The number of thiocarbonyl (C=S) groups is 1. The van der Waals surface area contributed by atoms with Crippen LogP contribution in [0.3, 0.4) is 0 Å². The van der Waals surface area contributed by atoms with Gasteiger partial charge >= 0.3 is 0 Å². The number of nitrogens with one attached hydrogen (secondary N) is 1. The minimum absolute atomic E-state index is 0.0507. The Morgan fingerprint density at radius 3 is 2.50 bits per heavy atom. The van der Waals surface area contributed by atoms with E-state index in [1.54, 1.807) is 7.11 Å². The summed E-state index contributed by atoms with van der Waals surface area (Å²) >= 11 is 5.88. The van der Waals surface area contributed by atoms with Crippen molar-refractivity contribution in [1.82, 2.24) is 14.9 Å². The Kier molecular flexibility index (Phi) is 6.07. The summed E-state index contributed by atoms with van der Waals surface area (Å²) in [5, 5.41) is 4.24. The molecule has 2 aromatic carbocycles. The number of benzene rings is 2. The van der Waals surface area contributed by atoms with Gasteiger partial charge in [-0.2, -0.15) is 0 Å². The fourth-order valence-corrected chi connectivity index (χ4v) is 5.19. The van der Waals surface area contributed by atoms with Crippen LogP contribution in [0.15, 0.2) is 85.1 Å². The van der Waals surface area contributed by atoms with Gasteiger partial charge in [-0.25, -0.2) is 0 Å². The molecule has 172 valence electrons. The van der Waals surface area contributed by atoms with Crippen LogP contribution in [0.2, 0.25) is 0 Å². The summed E-state index contributed by atoms with van der Waals surface area (Å²) in [6.07, 6.45) is 1.84. The number of nitrogens with zero attached hydrogens (tertiary/aromatic N) is 3. The molecule has 1 fully saturated rings. The van der Waals surface area contributed by atoms with Crippen LogP contribution in [0.4, 0.5) is 5.69 Å². The number of hydrogen-bond acceptors (Lipinski definition) is 3. The highest BCUT2D eigenvalue weighted by atomic mass is 32.1. The first-order valence-corrected chi connectivity index (χ1v) is 11.8. The third kappa shape index (κ3) is 4.05. The molecule has 1 N–H and O–H groups in total. The van der Waals surface area contributed by atoms with Crippen molar-refractivity contribution < 1.29 is 4.74 Å². The molecular formula is C28H28N4OS. The van der Waals surface area contributed by atoms with Crippen molar-refractivity contribution in [3.8, 4) is 5.75 Å². The van der Waals surface area contributed by atoms with Crippen molar-refractivity contribution in [2.24, 2.45) is 0 Å². The molecule has 6 heteroatoms. The highest BCUT2D eigenvalue weighted by Gasteiger charge is 2.42. The zero-order valence-electron chi connectivity index (χ0n) is 19.6. The summed E-state index contributed by atoms with van der Waals surface area (Å²) in [7, 11) is 1.69. The zero-order chi connectivity index (χ0) is 23.7. The van der Waals surface area contributed by atoms with Crippen molar-refractivity contribution >= 4 is 23.0 Å². The van der Waals surface area contributed by atoms with E-state index in [2.05, 4.69) is 82.1 Å². The average molecular weight is 469 g/mol. The summed E-state index contributed by atoms with van der Waals surface area (Å²) in [6.45, 7) is 5.20. The second-order valence-corrected chi connectivity index (χ2v) is 8.98.